The lowest BCUT2D eigenvalue weighted by atomic mass is 10.1. The van der Waals surface area contributed by atoms with Gasteiger partial charge in [0, 0.05) is 13.3 Å². The first-order valence-corrected chi connectivity index (χ1v) is 10.2. The summed E-state index contributed by atoms with van der Waals surface area (Å²) >= 11 is 0. The average molecular weight is 400 g/mol. The summed E-state index contributed by atoms with van der Waals surface area (Å²) in [6.07, 6.45) is 0.938. The minimum atomic E-state index is -0.489. The highest BCUT2D eigenvalue weighted by Crippen LogP contribution is 2.12. The van der Waals surface area contributed by atoms with Gasteiger partial charge in [-0.25, -0.2) is 0 Å². The molecule has 0 spiro atoms. The average Bonchev–Trinajstić information content (AvgIpc) is 2.77. The van der Waals surface area contributed by atoms with E-state index in [9.17, 15) is 4.79 Å². The van der Waals surface area contributed by atoms with Crippen molar-refractivity contribution in [1.29, 1.82) is 0 Å². The maximum Gasteiger partial charge on any atom is 0.364 e. The van der Waals surface area contributed by atoms with Gasteiger partial charge in [0.1, 0.15) is 13.1 Å². The van der Waals surface area contributed by atoms with Crippen LogP contribution in [0.15, 0.2) is 91.0 Å². The van der Waals surface area contributed by atoms with Gasteiger partial charge in [-0.2, -0.15) is 0 Å². The van der Waals surface area contributed by atoms with Crippen LogP contribution < -0.4 is 0 Å². The molecule has 3 aromatic rings. The van der Waals surface area contributed by atoms with Crippen LogP contribution in [0.2, 0.25) is 0 Å². The van der Waals surface area contributed by atoms with Crippen molar-refractivity contribution < 1.29 is 9.53 Å². The summed E-state index contributed by atoms with van der Waals surface area (Å²) in [6, 6.07) is 33.6. The van der Waals surface area contributed by atoms with E-state index in [4.69, 9.17) is 4.74 Å². The Morgan fingerprint density at radius 2 is 1.30 bits per heavy atom. The third-order valence-corrected chi connectivity index (χ3v) is 4.61. The first kappa shape index (κ1) is 21.1. The fraction of sp³-hybridized carbons (Fsp3) is 0.231. The third kappa shape index (κ3) is 7.44. The fourth-order valence-corrected chi connectivity index (χ4v) is 3.15. The molecule has 152 valence electrons. The molecule has 30 heavy (non-hydrogen) atoms. The lowest BCUT2D eigenvalue weighted by Crippen LogP contribution is -2.18. The van der Waals surface area contributed by atoms with Crippen LogP contribution in [0.1, 0.15) is 30.0 Å². The molecule has 0 heterocycles. The summed E-state index contributed by atoms with van der Waals surface area (Å²) in [5.41, 5.74) is 3.52. The number of carbonyl (C=O) groups is 1. The molecule has 3 aromatic carbocycles. The van der Waals surface area contributed by atoms with Crippen molar-refractivity contribution >= 4 is 5.97 Å². The second kappa shape index (κ2) is 11.4. The summed E-state index contributed by atoms with van der Waals surface area (Å²) in [6.45, 7) is 2.71. The van der Waals surface area contributed by atoms with Gasteiger partial charge >= 0.3 is 12.0 Å². The number of hydrogen-bond acceptors (Lipinski definition) is 3. The lowest BCUT2D eigenvalue weighted by Gasteiger charge is -2.09. The van der Waals surface area contributed by atoms with Crippen LogP contribution in [0.3, 0.4) is 0 Å². The zero-order valence-electron chi connectivity index (χ0n) is 17.3. The van der Waals surface area contributed by atoms with Crippen LogP contribution in [0.25, 0.3) is 4.95 Å². The van der Waals surface area contributed by atoms with Crippen molar-refractivity contribution in [3.8, 4) is 6.07 Å². The molecule has 0 bridgehead atoms. The van der Waals surface area contributed by atoms with Crippen LogP contribution >= 0.6 is 0 Å². The fourth-order valence-electron chi connectivity index (χ4n) is 3.15. The third-order valence-electron chi connectivity index (χ3n) is 4.61. The lowest BCUT2D eigenvalue weighted by molar-refractivity contribution is -0.143. The topological polar surface area (TPSA) is 33.9 Å². The first-order chi connectivity index (χ1) is 14.7. The highest BCUT2D eigenvalue weighted by atomic mass is 16.5. The predicted molar refractivity (Wildman–Crippen MR) is 120 cm³/mol. The van der Waals surface area contributed by atoms with E-state index in [1.165, 1.54) is 12.5 Å². The second-order valence-electron chi connectivity index (χ2n) is 7.15. The molecular weight excluding hydrogens is 372 g/mol. The van der Waals surface area contributed by atoms with Gasteiger partial charge in [-0.05, 0) is 23.1 Å². The zero-order valence-corrected chi connectivity index (χ0v) is 17.3. The van der Waals surface area contributed by atoms with Gasteiger partial charge in [-0.3, -0.25) is 4.79 Å². The molecule has 0 saturated carbocycles. The Balaban J connectivity index is 1.74. The van der Waals surface area contributed by atoms with Crippen molar-refractivity contribution in [3.05, 3.63) is 113 Å². The Morgan fingerprint density at radius 1 is 0.833 bits per heavy atom. The van der Waals surface area contributed by atoms with Gasteiger partial charge < -0.3 is 4.74 Å². The number of hydrogen-bond donors (Lipinski definition) is 0. The Kier molecular flexibility index (Phi) is 8.05. The number of nitrogens with zero attached hydrogens (tertiary/aromatic N) is 2. The molecule has 0 radical (unpaired) electrons. The highest BCUT2D eigenvalue weighted by Gasteiger charge is 2.19. The van der Waals surface area contributed by atoms with Gasteiger partial charge in [0.2, 0.25) is 6.10 Å². The van der Waals surface area contributed by atoms with E-state index in [1.807, 2.05) is 59.6 Å². The number of aryl methyl sites for hydroxylation is 1. The number of rotatable bonds is 8. The van der Waals surface area contributed by atoms with Crippen molar-refractivity contribution in [2.24, 2.45) is 0 Å². The molecule has 3 rings (SSSR count). The quantitative estimate of drug-likeness (QED) is 0.370. The standard InChI is InChI=1S/C26H27N2O2/c1-22(29)30-26(18-17-23-11-5-2-6-12-23)19-27-28(20-24-13-7-3-8-14-24)21-25-15-9-4-10-16-25/h2-16,26H,17-18,20-21H2,1H3/q+1. The SMILES string of the molecule is CC(=O)OC(C#[N+]N(Cc1ccccc1)Cc1ccccc1)CCc1ccccc1. The van der Waals surface area contributed by atoms with Gasteiger partial charge in [0.15, 0.2) is 0 Å². The number of esters is 1. The monoisotopic (exact) mass is 399 g/mol. The first-order valence-electron chi connectivity index (χ1n) is 10.2. The van der Waals surface area contributed by atoms with Gasteiger partial charge in [-0.15, -0.1) is 0 Å². The van der Waals surface area contributed by atoms with Crippen LogP contribution in [0.5, 0.6) is 0 Å². The molecule has 0 amide bonds. The van der Waals surface area contributed by atoms with E-state index in [0.717, 1.165) is 17.5 Å². The van der Waals surface area contributed by atoms with E-state index in [0.29, 0.717) is 19.5 Å². The summed E-state index contributed by atoms with van der Waals surface area (Å²) in [5, 5.41) is 1.95. The number of benzene rings is 3. The van der Waals surface area contributed by atoms with Crippen molar-refractivity contribution in [2.45, 2.75) is 39.0 Å². The summed E-state index contributed by atoms with van der Waals surface area (Å²) in [7, 11) is 0. The van der Waals surface area contributed by atoms with Gasteiger partial charge in [0.05, 0.1) is 4.95 Å². The molecule has 1 atom stereocenters. The molecule has 0 fully saturated rings. The molecule has 1 unspecified atom stereocenters. The van der Waals surface area contributed by atoms with E-state index >= 15 is 0 Å². The van der Waals surface area contributed by atoms with Gasteiger partial charge in [0.25, 0.3) is 0 Å². The smallest absolute Gasteiger partial charge is 0.364 e. The van der Waals surface area contributed by atoms with E-state index in [1.54, 1.807) is 0 Å². The summed E-state index contributed by atoms with van der Waals surface area (Å²) in [4.78, 5) is 16.2. The molecule has 4 heteroatoms. The minimum Gasteiger partial charge on any atom is -0.442 e. The van der Waals surface area contributed by atoms with E-state index in [-0.39, 0.29) is 5.97 Å². The molecule has 0 aliphatic rings. The Bertz CT molecular complexity index is 922. The Hall–Kier alpha value is -3.58. The minimum absolute atomic E-state index is 0.326. The molecular formula is C26H27N2O2+. The molecule has 0 aliphatic heterocycles. The number of carbonyl (C=O) groups excluding carboxylic acids is 1. The molecule has 0 aromatic heterocycles. The second-order valence-corrected chi connectivity index (χ2v) is 7.15. The van der Waals surface area contributed by atoms with Gasteiger partial charge in [-0.1, -0.05) is 96.0 Å². The molecule has 0 saturated heterocycles. The van der Waals surface area contributed by atoms with Crippen molar-refractivity contribution in [2.75, 3.05) is 0 Å². The maximum absolute atomic E-state index is 11.6. The largest absolute Gasteiger partial charge is 0.442 e. The van der Waals surface area contributed by atoms with Crippen LogP contribution in [-0.2, 0) is 29.0 Å². The van der Waals surface area contributed by atoms with Crippen LogP contribution in [0.4, 0.5) is 0 Å². The Labute approximate surface area is 178 Å². The van der Waals surface area contributed by atoms with E-state index in [2.05, 4.69) is 47.4 Å². The zero-order chi connectivity index (χ0) is 21.0. The van der Waals surface area contributed by atoms with Crippen molar-refractivity contribution in [1.82, 2.24) is 5.01 Å². The molecule has 0 aliphatic carbocycles. The normalized spacial score (nSPS) is 11.1. The van der Waals surface area contributed by atoms with Crippen LogP contribution in [-0.4, -0.2) is 17.1 Å². The predicted octanol–water partition coefficient (Wildman–Crippen LogP) is 5.50. The summed E-state index contributed by atoms with van der Waals surface area (Å²) in [5.74, 6) is -0.326. The highest BCUT2D eigenvalue weighted by molar-refractivity contribution is 5.66. The number of ether oxygens (including phenoxy) is 1. The van der Waals surface area contributed by atoms with Crippen molar-refractivity contribution in [3.63, 3.8) is 0 Å². The Morgan fingerprint density at radius 3 is 1.77 bits per heavy atom. The van der Waals surface area contributed by atoms with Crippen LogP contribution in [0, 0.1) is 6.07 Å². The van der Waals surface area contributed by atoms with E-state index < -0.39 is 6.10 Å². The molecule has 4 nitrogen and oxygen atoms in total. The maximum atomic E-state index is 11.6. The molecule has 0 N–H and O–H groups in total. The summed E-state index contributed by atoms with van der Waals surface area (Å²) < 4.78 is 5.45.